The number of aromatic nitrogens is 1. The number of nitrogens with zero attached hydrogens (tertiary/aromatic N) is 1. The third kappa shape index (κ3) is 2.94. The van der Waals surface area contributed by atoms with Crippen LogP contribution >= 0.6 is 12.2 Å². The van der Waals surface area contributed by atoms with Crippen LogP contribution in [-0.4, -0.2) is 16.1 Å². The minimum atomic E-state index is -0.678. The Hall–Kier alpha value is -1.43. The SMILES string of the molecule is Cc1cc(CNC(=O)C2(C(N)=S)CCCCC2)on1. The zero-order chi connectivity index (χ0) is 13.9. The van der Waals surface area contributed by atoms with Gasteiger partial charge in [-0.05, 0) is 19.8 Å². The van der Waals surface area contributed by atoms with Gasteiger partial charge in [-0.3, -0.25) is 4.79 Å². The Bertz CT molecular complexity index is 478. The molecule has 1 amide bonds. The lowest BCUT2D eigenvalue weighted by Gasteiger charge is -2.34. The zero-order valence-corrected chi connectivity index (χ0v) is 11.9. The maximum Gasteiger partial charge on any atom is 0.233 e. The maximum absolute atomic E-state index is 12.4. The van der Waals surface area contributed by atoms with Gasteiger partial charge in [0.25, 0.3) is 0 Å². The molecule has 1 heterocycles. The summed E-state index contributed by atoms with van der Waals surface area (Å²) in [5, 5.41) is 6.65. The topological polar surface area (TPSA) is 81.2 Å². The van der Waals surface area contributed by atoms with Crippen LogP contribution in [0.2, 0.25) is 0 Å². The standard InChI is InChI=1S/C13H19N3O2S/c1-9-7-10(18-16-9)8-15-12(17)13(11(14)19)5-3-2-4-6-13/h7H,2-6,8H2,1H3,(H2,14,19)(H,15,17). The fourth-order valence-electron chi connectivity index (χ4n) is 2.58. The molecule has 0 aliphatic heterocycles. The van der Waals surface area contributed by atoms with Crippen LogP contribution in [0.1, 0.15) is 43.6 Å². The quantitative estimate of drug-likeness (QED) is 0.823. The van der Waals surface area contributed by atoms with Crippen molar-refractivity contribution in [2.45, 2.75) is 45.6 Å². The van der Waals surface area contributed by atoms with Crippen molar-refractivity contribution in [2.24, 2.45) is 11.1 Å². The second-order valence-corrected chi connectivity index (χ2v) is 5.56. The summed E-state index contributed by atoms with van der Waals surface area (Å²) in [5.41, 5.74) is 5.93. The highest BCUT2D eigenvalue weighted by Gasteiger charge is 2.42. The fraction of sp³-hybridized carbons (Fsp3) is 0.615. The van der Waals surface area contributed by atoms with E-state index in [1.165, 1.54) is 0 Å². The molecule has 1 saturated carbocycles. The molecule has 0 unspecified atom stereocenters. The van der Waals surface area contributed by atoms with E-state index in [1.54, 1.807) is 6.07 Å². The number of aryl methyl sites for hydroxylation is 1. The van der Waals surface area contributed by atoms with E-state index in [0.717, 1.165) is 37.8 Å². The smallest absolute Gasteiger partial charge is 0.233 e. The van der Waals surface area contributed by atoms with Gasteiger partial charge in [-0.2, -0.15) is 0 Å². The molecule has 1 aliphatic rings. The molecule has 0 radical (unpaired) electrons. The van der Waals surface area contributed by atoms with Crippen LogP contribution in [0.5, 0.6) is 0 Å². The van der Waals surface area contributed by atoms with Crippen molar-refractivity contribution in [1.29, 1.82) is 0 Å². The number of hydrogen-bond donors (Lipinski definition) is 2. The summed E-state index contributed by atoms with van der Waals surface area (Å²) in [5.74, 6) is 0.550. The first-order valence-electron chi connectivity index (χ1n) is 6.55. The van der Waals surface area contributed by atoms with Crippen molar-refractivity contribution in [1.82, 2.24) is 10.5 Å². The summed E-state index contributed by atoms with van der Waals surface area (Å²) < 4.78 is 5.07. The summed E-state index contributed by atoms with van der Waals surface area (Å²) >= 11 is 5.12. The van der Waals surface area contributed by atoms with Crippen LogP contribution < -0.4 is 11.1 Å². The van der Waals surface area contributed by atoms with Crippen molar-refractivity contribution in [3.8, 4) is 0 Å². The van der Waals surface area contributed by atoms with E-state index < -0.39 is 5.41 Å². The molecule has 19 heavy (non-hydrogen) atoms. The van der Waals surface area contributed by atoms with Gasteiger partial charge in [-0.25, -0.2) is 0 Å². The Balaban J connectivity index is 2.02. The third-order valence-corrected chi connectivity index (χ3v) is 4.10. The summed E-state index contributed by atoms with van der Waals surface area (Å²) in [6, 6.07) is 1.80. The maximum atomic E-state index is 12.4. The summed E-state index contributed by atoms with van der Waals surface area (Å²) in [7, 11) is 0. The van der Waals surface area contributed by atoms with Gasteiger partial charge >= 0.3 is 0 Å². The Morgan fingerprint density at radius 2 is 2.21 bits per heavy atom. The Morgan fingerprint density at radius 1 is 1.53 bits per heavy atom. The Kier molecular flexibility index (Phi) is 4.19. The molecule has 0 saturated heterocycles. The number of carbonyl (C=O) groups excluding carboxylic acids is 1. The molecule has 0 bridgehead atoms. The van der Waals surface area contributed by atoms with Crippen molar-refractivity contribution < 1.29 is 9.32 Å². The number of thiocarbonyl (C=S) groups is 1. The number of carbonyl (C=O) groups is 1. The van der Waals surface area contributed by atoms with E-state index in [1.807, 2.05) is 6.92 Å². The van der Waals surface area contributed by atoms with E-state index in [4.69, 9.17) is 22.5 Å². The van der Waals surface area contributed by atoms with Gasteiger partial charge in [-0.15, -0.1) is 0 Å². The minimum Gasteiger partial charge on any atom is -0.392 e. The fourth-order valence-corrected chi connectivity index (χ4v) is 2.87. The lowest BCUT2D eigenvalue weighted by Crippen LogP contribution is -2.49. The van der Waals surface area contributed by atoms with Gasteiger partial charge in [0.1, 0.15) is 0 Å². The lowest BCUT2D eigenvalue weighted by atomic mass is 9.73. The lowest BCUT2D eigenvalue weighted by molar-refractivity contribution is -0.129. The second kappa shape index (κ2) is 5.69. The van der Waals surface area contributed by atoms with Crippen molar-refractivity contribution in [2.75, 3.05) is 0 Å². The molecule has 0 aromatic carbocycles. The Morgan fingerprint density at radius 3 is 2.74 bits per heavy atom. The van der Waals surface area contributed by atoms with Gasteiger partial charge in [0.05, 0.1) is 22.6 Å². The van der Waals surface area contributed by atoms with Crippen LogP contribution in [0.3, 0.4) is 0 Å². The molecular weight excluding hydrogens is 262 g/mol. The van der Waals surface area contributed by atoms with Gasteiger partial charge in [0.2, 0.25) is 5.91 Å². The highest BCUT2D eigenvalue weighted by atomic mass is 32.1. The van der Waals surface area contributed by atoms with Crippen LogP contribution in [0.15, 0.2) is 10.6 Å². The van der Waals surface area contributed by atoms with Crippen LogP contribution in [0, 0.1) is 12.3 Å². The van der Waals surface area contributed by atoms with E-state index in [0.29, 0.717) is 17.3 Å². The molecule has 1 aromatic heterocycles. The van der Waals surface area contributed by atoms with E-state index in [-0.39, 0.29) is 5.91 Å². The van der Waals surface area contributed by atoms with Gasteiger partial charge in [-0.1, -0.05) is 36.6 Å². The summed E-state index contributed by atoms with van der Waals surface area (Å²) in [4.78, 5) is 12.7. The molecule has 3 N–H and O–H groups in total. The van der Waals surface area contributed by atoms with E-state index in [9.17, 15) is 4.79 Å². The number of nitrogens with two attached hydrogens (primary N) is 1. The minimum absolute atomic E-state index is 0.0891. The number of hydrogen-bond acceptors (Lipinski definition) is 4. The molecule has 0 spiro atoms. The highest BCUT2D eigenvalue weighted by Crippen LogP contribution is 2.37. The van der Waals surface area contributed by atoms with Gasteiger partial charge in [0.15, 0.2) is 5.76 Å². The first-order valence-corrected chi connectivity index (χ1v) is 6.96. The highest BCUT2D eigenvalue weighted by molar-refractivity contribution is 7.80. The van der Waals surface area contributed by atoms with Crippen LogP contribution in [0.4, 0.5) is 0 Å². The van der Waals surface area contributed by atoms with Crippen molar-refractivity contribution in [3.05, 3.63) is 17.5 Å². The number of amides is 1. The molecule has 2 rings (SSSR count). The zero-order valence-electron chi connectivity index (χ0n) is 11.1. The molecule has 6 heteroatoms. The third-order valence-electron chi connectivity index (χ3n) is 3.71. The first kappa shape index (κ1) is 14.0. The Labute approximate surface area is 117 Å². The predicted molar refractivity (Wildman–Crippen MR) is 75.4 cm³/mol. The molecule has 1 fully saturated rings. The van der Waals surface area contributed by atoms with Crippen LogP contribution in [0.25, 0.3) is 0 Å². The van der Waals surface area contributed by atoms with Crippen molar-refractivity contribution in [3.63, 3.8) is 0 Å². The summed E-state index contributed by atoms with van der Waals surface area (Å²) in [6.45, 7) is 2.16. The number of rotatable bonds is 4. The average Bonchev–Trinajstić information content (AvgIpc) is 2.82. The molecule has 104 valence electrons. The van der Waals surface area contributed by atoms with Crippen LogP contribution in [-0.2, 0) is 11.3 Å². The van der Waals surface area contributed by atoms with Gasteiger partial charge in [0, 0.05) is 6.07 Å². The van der Waals surface area contributed by atoms with Gasteiger partial charge < -0.3 is 15.6 Å². The molecular formula is C13H19N3O2S. The molecule has 0 atom stereocenters. The largest absolute Gasteiger partial charge is 0.392 e. The monoisotopic (exact) mass is 281 g/mol. The van der Waals surface area contributed by atoms with Crippen molar-refractivity contribution >= 4 is 23.1 Å². The number of nitrogens with one attached hydrogen (secondary N) is 1. The van der Waals surface area contributed by atoms with E-state index >= 15 is 0 Å². The van der Waals surface area contributed by atoms with E-state index in [2.05, 4.69) is 10.5 Å². The summed E-state index contributed by atoms with van der Waals surface area (Å²) in [6.07, 6.45) is 4.60. The average molecular weight is 281 g/mol. The second-order valence-electron chi connectivity index (χ2n) is 5.12. The molecule has 1 aliphatic carbocycles. The normalized spacial score (nSPS) is 17.9. The predicted octanol–water partition coefficient (Wildman–Crippen LogP) is 1.84. The molecule has 1 aromatic rings. The molecule has 5 nitrogen and oxygen atoms in total. The first-order chi connectivity index (χ1) is 9.04.